The zero-order chi connectivity index (χ0) is 17.1. The minimum atomic E-state index is -0.579. The predicted octanol–water partition coefficient (Wildman–Crippen LogP) is 3.55. The highest BCUT2D eigenvalue weighted by molar-refractivity contribution is 7.09. The number of nitrogens with one attached hydrogen (secondary N) is 1. The van der Waals surface area contributed by atoms with Gasteiger partial charge in [0.1, 0.15) is 17.0 Å². The molecule has 0 aliphatic rings. The van der Waals surface area contributed by atoms with Gasteiger partial charge in [-0.1, -0.05) is 12.1 Å². The smallest absolute Gasteiger partial charge is 0.282 e. The fourth-order valence-corrected chi connectivity index (χ4v) is 2.78. The number of furan rings is 1. The fourth-order valence-electron chi connectivity index (χ4n) is 2.17. The second-order valence-electron chi connectivity index (χ2n) is 4.97. The highest BCUT2D eigenvalue weighted by Gasteiger charge is 2.19. The minimum Gasteiger partial charge on any atom is -0.458 e. The molecule has 122 valence electrons. The molecule has 0 aliphatic heterocycles. The summed E-state index contributed by atoms with van der Waals surface area (Å²) in [6.07, 6.45) is 0. The molecule has 0 saturated carbocycles. The number of amides is 1. The Morgan fingerprint density at radius 3 is 2.83 bits per heavy atom. The lowest BCUT2D eigenvalue weighted by Gasteiger charge is -2.04. The Labute approximate surface area is 141 Å². The lowest BCUT2D eigenvalue weighted by Crippen LogP contribution is -2.23. The molecule has 7 nitrogen and oxygen atoms in total. The lowest BCUT2D eigenvalue weighted by atomic mass is 10.1. The average Bonchev–Trinajstić information content (AvgIpc) is 3.21. The van der Waals surface area contributed by atoms with Crippen LogP contribution in [0.2, 0.25) is 0 Å². The van der Waals surface area contributed by atoms with Gasteiger partial charge in [0.05, 0.1) is 16.5 Å². The number of aryl methyl sites for hydroxylation is 1. The van der Waals surface area contributed by atoms with Crippen molar-refractivity contribution in [3.63, 3.8) is 0 Å². The van der Waals surface area contributed by atoms with Crippen LogP contribution in [0.15, 0.2) is 46.2 Å². The van der Waals surface area contributed by atoms with Crippen LogP contribution < -0.4 is 5.32 Å². The Morgan fingerprint density at radius 2 is 2.12 bits per heavy atom. The molecule has 0 spiro atoms. The monoisotopic (exact) mass is 343 g/mol. The van der Waals surface area contributed by atoms with Gasteiger partial charge in [0.25, 0.3) is 11.6 Å². The summed E-state index contributed by atoms with van der Waals surface area (Å²) in [5.74, 6) is 0.640. The van der Waals surface area contributed by atoms with Crippen LogP contribution in [0.4, 0.5) is 5.69 Å². The summed E-state index contributed by atoms with van der Waals surface area (Å²) in [7, 11) is 0. The van der Waals surface area contributed by atoms with Gasteiger partial charge in [-0.15, -0.1) is 11.3 Å². The van der Waals surface area contributed by atoms with Crippen molar-refractivity contribution in [2.24, 2.45) is 0 Å². The molecule has 3 rings (SSSR count). The standard InChI is InChI=1S/C16H13N3O4S/c1-10-18-13(9-24-10)15-7-6-11(23-15)8-17-16(20)12-4-2-3-5-14(12)19(21)22/h2-7,9H,8H2,1H3,(H,17,20). The molecule has 0 fully saturated rings. The van der Waals surface area contributed by atoms with Crippen LogP contribution in [0.5, 0.6) is 0 Å². The molecular formula is C16H13N3O4S. The Bertz CT molecular complexity index is 900. The number of nitrogens with zero attached hydrogens (tertiary/aromatic N) is 2. The van der Waals surface area contributed by atoms with Gasteiger partial charge in [-0.25, -0.2) is 4.98 Å². The largest absolute Gasteiger partial charge is 0.458 e. The lowest BCUT2D eigenvalue weighted by molar-refractivity contribution is -0.385. The average molecular weight is 343 g/mol. The number of rotatable bonds is 5. The van der Waals surface area contributed by atoms with Crippen molar-refractivity contribution in [1.29, 1.82) is 0 Å². The van der Waals surface area contributed by atoms with Gasteiger partial charge in [-0.2, -0.15) is 0 Å². The maximum Gasteiger partial charge on any atom is 0.282 e. The maximum absolute atomic E-state index is 12.2. The van der Waals surface area contributed by atoms with Gasteiger partial charge in [-0.05, 0) is 25.1 Å². The van der Waals surface area contributed by atoms with Gasteiger partial charge in [0.15, 0.2) is 5.76 Å². The van der Waals surface area contributed by atoms with Gasteiger partial charge < -0.3 is 9.73 Å². The van der Waals surface area contributed by atoms with E-state index in [-0.39, 0.29) is 17.8 Å². The summed E-state index contributed by atoms with van der Waals surface area (Å²) in [5.41, 5.74) is 0.534. The Hall–Kier alpha value is -3.00. The van der Waals surface area contributed by atoms with Crippen LogP contribution in [-0.2, 0) is 6.54 Å². The third kappa shape index (κ3) is 3.33. The van der Waals surface area contributed by atoms with E-state index in [0.717, 1.165) is 10.7 Å². The van der Waals surface area contributed by atoms with Gasteiger partial charge in [0.2, 0.25) is 0 Å². The number of para-hydroxylation sites is 1. The number of carbonyl (C=O) groups is 1. The second kappa shape index (κ2) is 6.63. The molecule has 0 saturated heterocycles. The van der Waals surface area contributed by atoms with Crippen molar-refractivity contribution in [3.05, 3.63) is 68.2 Å². The predicted molar refractivity (Wildman–Crippen MR) is 88.8 cm³/mol. The van der Waals surface area contributed by atoms with Crippen molar-refractivity contribution >= 4 is 22.9 Å². The van der Waals surface area contributed by atoms with E-state index in [1.54, 1.807) is 18.2 Å². The number of hydrogen-bond donors (Lipinski definition) is 1. The molecule has 3 aromatic rings. The van der Waals surface area contributed by atoms with E-state index >= 15 is 0 Å². The number of nitro groups is 1. The summed E-state index contributed by atoms with van der Waals surface area (Å²) in [5, 5.41) is 16.4. The van der Waals surface area contributed by atoms with E-state index in [1.165, 1.54) is 29.5 Å². The number of nitro benzene ring substituents is 1. The van der Waals surface area contributed by atoms with E-state index in [0.29, 0.717) is 11.5 Å². The zero-order valence-corrected chi connectivity index (χ0v) is 13.5. The molecule has 0 radical (unpaired) electrons. The number of carbonyl (C=O) groups excluding carboxylic acids is 1. The van der Waals surface area contributed by atoms with Crippen LogP contribution >= 0.6 is 11.3 Å². The third-order valence-corrected chi connectivity index (χ3v) is 4.08. The SMILES string of the molecule is Cc1nc(-c2ccc(CNC(=O)c3ccccc3[N+](=O)[O-])o2)cs1. The molecule has 24 heavy (non-hydrogen) atoms. The third-order valence-electron chi connectivity index (χ3n) is 3.30. The van der Waals surface area contributed by atoms with Crippen LogP contribution in [0.25, 0.3) is 11.5 Å². The van der Waals surface area contributed by atoms with Crippen molar-refractivity contribution in [2.45, 2.75) is 13.5 Å². The normalized spacial score (nSPS) is 10.5. The number of thiazole rings is 1. The van der Waals surface area contributed by atoms with E-state index < -0.39 is 10.8 Å². The summed E-state index contributed by atoms with van der Waals surface area (Å²) in [4.78, 5) is 26.9. The number of benzene rings is 1. The van der Waals surface area contributed by atoms with E-state index in [4.69, 9.17) is 4.42 Å². The molecule has 2 heterocycles. The molecule has 0 atom stereocenters. The first-order valence-corrected chi connectivity index (χ1v) is 7.95. The van der Waals surface area contributed by atoms with E-state index in [1.807, 2.05) is 12.3 Å². The van der Waals surface area contributed by atoms with Crippen LogP contribution in [0, 0.1) is 17.0 Å². The summed E-state index contributed by atoms with van der Waals surface area (Å²) in [6.45, 7) is 2.04. The molecular weight excluding hydrogens is 330 g/mol. The molecule has 0 aliphatic carbocycles. The van der Waals surface area contributed by atoms with Crippen molar-refractivity contribution in [2.75, 3.05) is 0 Å². The van der Waals surface area contributed by atoms with Crippen LogP contribution in [0.3, 0.4) is 0 Å². The van der Waals surface area contributed by atoms with Gasteiger partial charge >= 0.3 is 0 Å². The molecule has 1 N–H and O–H groups in total. The quantitative estimate of drug-likeness (QED) is 0.564. The first-order valence-electron chi connectivity index (χ1n) is 7.07. The molecule has 8 heteroatoms. The summed E-state index contributed by atoms with van der Waals surface area (Å²) >= 11 is 1.52. The molecule has 0 unspecified atom stereocenters. The minimum absolute atomic E-state index is 0.0180. The van der Waals surface area contributed by atoms with Gasteiger partial charge in [0, 0.05) is 11.4 Å². The van der Waals surface area contributed by atoms with Crippen LogP contribution in [0.1, 0.15) is 21.1 Å². The van der Waals surface area contributed by atoms with E-state index in [2.05, 4.69) is 10.3 Å². The Balaban J connectivity index is 1.69. The first kappa shape index (κ1) is 15.9. The van der Waals surface area contributed by atoms with Crippen molar-refractivity contribution in [1.82, 2.24) is 10.3 Å². The zero-order valence-electron chi connectivity index (χ0n) is 12.7. The second-order valence-corrected chi connectivity index (χ2v) is 6.04. The maximum atomic E-state index is 12.2. The first-order chi connectivity index (χ1) is 11.5. The topological polar surface area (TPSA) is 98.3 Å². The number of hydrogen-bond acceptors (Lipinski definition) is 6. The van der Waals surface area contributed by atoms with Crippen molar-refractivity contribution < 1.29 is 14.1 Å². The van der Waals surface area contributed by atoms with Crippen LogP contribution in [-0.4, -0.2) is 15.8 Å². The fraction of sp³-hybridized carbons (Fsp3) is 0.125. The summed E-state index contributed by atoms with van der Waals surface area (Å²) < 4.78 is 5.64. The number of aromatic nitrogens is 1. The van der Waals surface area contributed by atoms with Crippen molar-refractivity contribution in [3.8, 4) is 11.5 Å². The Kier molecular flexibility index (Phi) is 4.39. The Morgan fingerprint density at radius 1 is 1.33 bits per heavy atom. The molecule has 0 bridgehead atoms. The molecule has 1 amide bonds. The molecule has 1 aromatic carbocycles. The molecule has 2 aromatic heterocycles. The van der Waals surface area contributed by atoms with E-state index in [9.17, 15) is 14.9 Å². The van der Waals surface area contributed by atoms with Gasteiger partial charge in [-0.3, -0.25) is 14.9 Å². The highest BCUT2D eigenvalue weighted by atomic mass is 32.1. The highest BCUT2D eigenvalue weighted by Crippen LogP contribution is 2.24. The summed E-state index contributed by atoms with van der Waals surface area (Å²) in [6, 6.07) is 9.33.